The van der Waals surface area contributed by atoms with Gasteiger partial charge < -0.3 is 15.5 Å². The van der Waals surface area contributed by atoms with Crippen molar-refractivity contribution in [1.29, 1.82) is 0 Å². The Morgan fingerprint density at radius 3 is 2.65 bits per heavy atom. The molecule has 106 valence electrons. The Morgan fingerprint density at radius 1 is 1.35 bits per heavy atom. The summed E-state index contributed by atoms with van der Waals surface area (Å²) in [5.41, 5.74) is 7.73. The zero-order chi connectivity index (χ0) is 14.9. The van der Waals surface area contributed by atoms with Gasteiger partial charge in [-0.25, -0.2) is 0 Å². The Labute approximate surface area is 126 Å². The monoisotopic (exact) mass is 336 g/mol. The van der Waals surface area contributed by atoms with E-state index in [0.717, 1.165) is 21.6 Å². The van der Waals surface area contributed by atoms with Crippen LogP contribution in [0.25, 0.3) is 0 Å². The minimum absolute atomic E-state index is 0.140. The van der Waals surface area contributed by atoms with Crippen molar-refractivity contribution in [2.45, 2.75) is 26.8 Å². The molecule has 3 N–H and O–H groups in total. The lowest BCUT2D eigenvalue weighted by molar-refractivity contribution is 0.0940. The molecule has 1 atom stereocenters. The maximum atomic E-state index is 12.3. The van der Waals surface area contributed by atoms with Gasteiger partial charge in [-0.05, 0) is 45.0 Å². The van der Waals surface area contributed by atoms with E-state index in [0.29, 0.717) is 11.3 Å². The first-order valence-corrected chi connectivity index (χ1v) is 7.10. The lowest BCUT2D eigenvalue weighted by Gasteiger charge is -2.14. The van der Waals surface area contributed by atoms with Crippen LogP contribution in [-0.4, -0.2) is 5.91 Å². The summed E-state index contributed by atoms with van der Waals surface area (Å²) >= 11 is 3.34. The van der Waals surface area contributed by atoms with E-state index in [1.54, 1.807) is 18.2 Å². The lowest BCUT2D eigenvalue weighted by Crippen LogP contribution is -2.27. The van der Waals surface area contributed by atoms with Crippen molar-refractivity contribution in [2.24, 2.45) is 0 Å². The Hall–Kier alpha value is -1.75. The predicted molar refractivity (Wildman–Crippen MR) is 82.6 cm³/mol. The largest absolute Gasteiger partial charge is 0.466 e. The van der Waals surface area contributed by atoms with Crippen LogP contribution in [0, 0.1) is 13.8 Å². The highest BCUT2D eigenvalue weighted by Gasteiger charge is 2.17. The topological polar surface area (TPSA) is 68.3 Å². The molecule has 1 heterocycles. The minimum atomic E-state index is -0.199. The first-order chi connectivity index (χ1) is 9.38. The van der Waals surface area contributed by atoms with Gasteiger partial charge in [0.25, 0.3) is 5.91 Å². The highest BCUT2D eigenvalue weighted by atomic mass is 79.9. The molecule has 20 heavy (non-hydrogen) atoms. The quantitative estimate of drug-likeness (QED) is 0.839. The molecule has 0 fully saturated rings. The van der Waals surface area contributed by atoms with Crippen molar-refractivity contribution in [2.75, 3.05) is 5.73 Å². The van der Waals surface area contributed by atoms with Crippen LogP contribution in [0.5, 0.6) is 0 Å². The molecule has 0 saturated heterocycles. The number of hydrogen-bond donors (Lipinski definition) is 2. The van der Waals surface area contributed by atoms with Crippen molar-refractivity contribution < 1.29 is 9.21 Å². The molecule has 1 unspecified atom stereocenters. The van der Waals surface area contributed by atoms with Gasteiger partial charge in [0.1, 0.15) is 11.5 Å². The average molecular weight is 337 g/mol. The normalized spacial score (nSPS) is 12.2. The van der Waals surface area contributed by atoms with E-state index in [9.17, 15) is 4.79 Å². The third-order valence-corrected chi connectivity index (χ3v) is 3.65. The molecule has 1 amide bonds. The fourth-order valence-corrected chi connectivity index (χ4v) is 2.52. The highest BCUT2D eigenvalue weighted by Crippen LogP contribution is 2.23. The van der Waals surface area contributed by atoms with Crippen LogP contribution in [-0.2, 0) is 0 Å². The minimum Gasteiger partial charge on any atom is -0.466 e. The Kier molecular flexibility index (Phi) is 4.18. The molecule has 4 nitrogen and oxygen atoms in total. The molecule has 5 heteroatoms. The summed E-state index contributed by atoms with van der Waals surface area (Å²) in [6, 6.07) is 7.02. The Bertz CT molecular complexity index is 649. The van der Waals surface area contributed by atoms with Crippen LogP contribution in [0.2, 0.25) is 0 Å². The van der Waals surface area contributed by atoms with Gasteiger partial charge in [-0.3, -0.25) is 4.79 Å². The summed E-state index contributed by atoms with van der Waals surface area (Å²) in [5, 5.41) is 2.93. The van der Waals surface area contributed by atoms with Crippen molar-refractivity contribution in [1.82, 2.24) is 5.32 Å². The number of carbonyl (C=O) groups excluding carboxylic acids is 1. The number of hydrogen-bond acceptors (Lipinski definition) is 3. The zero-order valence-corrected chi connectivity index (χ0v) is 13.2. The molecule has 0 radical (unpaired) electrons. The molecule has 0 aliphatic heterocycles. The van der Waals surface area contributed by atoms with Crippen molar-refractivity contribution >= 4 is 27.5 Å². The number of amides is 1. The van der Waals surface area contributed by atoms with E-state index < -0.39 is 0 Å². The predicted octanol–water partition coefficient (Wildman–Crippen LogP) is 3.73. The number of nitrogen functional groups attached to an aromatic ring is 1. The van der Waals surface area contributed by atoms with Gasteiger partial charge in [0.2, 0.25) is 0 Å². The smallest absolute Gasteiger partial charge is 0.253 e. The average Bonchev–Trinajstić information content (AvgIpc) is 2.71. The fraction of sp³-hybridized carbons (Fsp3) is 0.267. The fourth-order valence-electron chi connectivity index (χ4n) is 2.16. The van der Waals surface area contributed by atoms with Crippen LogP contribution in [0.3, 0.4) is 0 Å². The number of benzene rings is 1. The number of carbonyl (C=O) groups is 1. The van der Waals surface area contributed by atoms with Gasteiger partial charge in [0.15, 0.2) is 0 Å². The summed E-state index contributed by atoms with van der Waals surface area (Å²) in [6.07, 6.45) is 0. The summed E-state index contributed by atoms with van der Waals surface area (Å²) in [4.78, 5) is 12.3. The van der Waals surface area contributed by atoms with Gasteiger partial charge in [-0.2, -0.15) is 0 Å². The third kappa shape index (κ3) is 3.04. The van der Waals surface area contributed by atoms with Crippen LogP contribution in [0.15, 0.2) is 33.2 Å². The number of furan rings is 1. The highest BCUT2D eigenvalue weighted by molar-refractivity contribution is 9.10. The van der Waals surface area contributed by atoms with Crippen molar-refractivity contribution in [3.63, 3.8) is 0 Å². The summed E-state index contributed by atoms with van der Waals surface area (Å²) in [7, 11) is 0. The van der Waals surface area contributed by atoms with E-state index >= 15 is 0 Å². The van der Waals surface area contributed by atoms with Gasteiger partial charge >= 0.3 is 0 Å². The molecule has 2 rings (SSSR count). The van der Waals surface area contributed by atoms with Gasteiger partial charge in [0, 0.05) is 15.7 Å². The summed E-state index contributed by atoms with van der Waals surface area (Å²) < 4.78 is 6.30. The molecule has 0 spiro atoms. The second-order valence-electron chi connectivity index (χ2n) is 4.80. The standard InChI is InChI=1S/C15H17BrN2O2/c1-8-6-12(10(3)20-8)9(2)18-15(19)13-7-11(16)4-5-14(13)17/h4-7,9H,17H2,1-3H3,(H,18,19). The molecule has 0 aliphatic rings. The molecular weight excluding hydrogens is 320 g/mol. The maximum Gasteiger partial charge on any atom is 0.253 e. The number of aryl methyl sites for hydroxylation is 2. The van der Waals surface area contributed by atoms with Gasteiger partial charge in [-0.1, -0.05) is 15.9 Å². The van der Waals surface area contributed by atoms with Crippen LogP contribution in [0.1, 0.15) is 40.4 Å². The summed E-state index contributed by atoms with van der Waals surface area (Å²) in [6.45, 7) is 5.69. The number of rotatable bonds is 3. The lowest BCUT2D eigenvalue weighted by atomic mass is 10.1. The van der Waals surface area contributed by atoms with Crippen LogP contribution < -0.4 is 11.1 Å². The second-order valence-corrected chi connectivity index (χ2v) is 5.71. The maximum absolute atomic E-state index is 12.3. The molecule has 0 saturated carbocycles. The molecule has 2 aromatic rings. The van der Waals surface area contributed by atoms with E-state index in [-0.39, 0.29) is 11.9 Å². The zero-order valence-electron chi connectivity index (χ0n) is 11.7. The SMILES string of the molecule is Cc1cc(C(C)NC(=O)c2cc(Br)ccc2N)c(C)o1. The first kappa shape index (κ1) is 14.7. The van der Waals surface area contributed by atoms with Gasteiger partial charge in [-0.15, -0.1) is 0 Å². The first-order valence-electron chi connectivity index (χ1n) is 6.31. The van der Waals surface area contributed by atoms with E-state index in [1.165, 1.54) is 0 Å². The molecule has 1 aromatic carbocycles. The van der Waals surface area contributed by atoms with Crippen LogP contribution in [0.4, 0.5) is 5.69 Å². The van der Waals surface area contributed by atoms with E-state index in [4.69, 9.17) is 10.2 Å². The molecular formula is C15H17BrN2O2. The Morgan fingerprint density at radius 2 is 2.05 bits per heavy atom. The summed E-state index contributed by atoms with van der Waals surface area (Å²) in [5.74, 6) is 1.45. The van der Waals surface area contributed by atoms with E-state index in [2.05, 4.69) is 21.2 Å². The van der Waals surface area contributed by atoms with Gasteiger partial charge in [0.05, 0.1) is 11.6 Å². The second kappa shape index (κ2) is 5.71. The van der Waals surface area contributed by atoms with Crippen molar-refractivity contribution in [3.8, 4) is 0 Å². The van der Waals surface area contributed by atoms with Crippen LogP contribution >= 0.6 is 15.9 Å². The van der Waals surface area contributed by atoms with E-state index in [1.807, 2.05) is 26.8 Å². The molecule has 0 aliphatic carbocycles. The number of nitrogens with two attached hydrogens (primary N) is 1. The third-order valence-electron chi connectivity index (χ3n) is 3.15. The number of anilines is 1. The molecule has 1 aromatic heterocycles. The number of nitrogens with one attached hydrogen (secondary N) is 1. The Balaban J connectivity index is 2.19. The van der Waals surface area contributed by atoms with Crippen molar-refractivity contribution in [3.05, 3.63) is 51.4 Å². The molecule has 0 bridgehead atoms. The number of halogens is 1.